The molecule has 0 bridgehead atoms. The van der Waals surface area contributed by atoms with Gasteiger partial charge in [0.15, 0.2) is 0 Å². The predicted molar refractivity (Wildman–Crippen MR) is 68.1 cm³/mol. The van der Waals surface area contributed by atoms with E-state index in [1.165, 1.54) is 25.5 Å². The number of nitrogens with two attached hydrogens (primary N) is 1. The van der Waals surface area contributed by atoms with Crippen LogP contribution in [0.15, 0.2) is 0 Å². The Morgan fingerprint density at radius 1 is 1.38 bits per heavy atom. The van der Waals surface area contributed by atoms with Crippen LogP contribution in [0.25, 0.3) is 0 Å². The molecule has 96 valence electrons. The third-order valence-electron chi connectivity index (χ3n) is 3.91. The molecule has 2 unspecified atom stereocenters. The van der Waals surface area contributed by atoms with Gasteiger partial charge >= 0.3 is 0 Å². The van der Waals surface area contributed by atoms with E-state index >= 15 is 0 Å². The van der Waals surface area contributed by atoms with Crippen molar-refractivity contribution in [2.24, 2.45) is 11.7 Å². The van der Waals surface area contributed by atoms with Crippen LogP contribution in [0.5, 0.6) is 0 Å². The molecule has 0 aromatic rings. The molecule has 3 nitrogen and oxygen atoms in total. The summed E-state index contributed by atoms with van der Waals surface area (Å²) in [4.78, 5) is 0. The summed E-state index contributed by atoms with van der Waals surface area (Å²) in [5.41, 5.74) is 6.35. The van der Waals surface area contributed by atoms with Crippen LogP contribution in [0.3, 0.4) is 0 Å². The summed E-state index contributed by atoms with van der Waals surface area (Å²) in [6, 6.07) is 0. The van der Waals surface area contributed by atoms with Gasteiger partial charge < -0.3 is 5.73 Å². The minimum atomic E-state index is -2.83. The van der Waals surface area contributed by atoms with Crippen LogP contribution < -0.4 is 5.73 Å². The molecule has 1 aliphatic rings. The predicted octanol–water partition coefficient (Wildman–Crippen LogP) is 2.11. The van der Waals surface area contributed by atoms with Crippen LogP contribution in [0.4, 0.5) is 0 Å². The van der Waals surface area contributed by atoms with Gasteiger partial charge in [0.05, 0.1) is 0 Å². The fourth-order valence-corrected chi connectivity index (χ4v) is 3.61. The zero-order valence-corrected chi connectivity index (χ0v) is 11.4. The monoisotopic (exact) mass is 247 g/mol. The SMILES string of the molecule is CCC1CCCCC1(N)CCCS(C)(=O)=O. The molecule has 1 aliphatic carbocycles. The quantitative estimate of drug-likeness (QED) is 0.809. The van der Waals surface area contributed by atoms with E-state index in [1.807, 2.05) is 0 Å². The molecule has 1 saturated carbocycles. The van der Waals surface area contributed by atoms with E-state index < -0.39 is 9.84 Å². The second-order valence-corrected chi connectivity index (χ2v) is 7.58. The first-order valence-electron chi connectivity index (χ1n) is 6.34. The molecule has 0 aliphatic heterocycles. The van der Waals surface area contributed by atoms with Crippen molar-refractivity contribution < 1.29 is 8.42 Å². The van der Waals surface area contributed by atoms with Crippen LogP contribution in [-0.2, 0) is 9.84 Å². The molecule has 2 atom stereocenters. The maximum absolute atomic E-state index is 11.1. The van der Waals surface area contributed by atoms with Crippen LogP contribution in [0, 0.1) is 5.92 Å². The number of hydrogen-bond donors (Lipinski definition) is 1. The highest BCUT2D eigenvalue weighted by molar-refractivity contribution is 7.90. The van der Waals surface area contributed by atoms with Gasteiger partial charge in [0.25, 0.3) is 0 Å². The van der Waals surface area contributed by atoms with Crippen molar-refractivity contribution in [1.82, 2.24) is 0 Å². The molecular weight excluding hydrogens is 222 g/mol. The smallest absolute Gasteiger partial charge is 0.147 e. The lowest BCUT2D eigenvalue weighted by Crippen LogP contribution is -2.49. The van der Waals surface area contributed by atoms with Crippen molar-refractivity contribution in [3.8, 4) is 0 Å². The van der Waals surface area contributed by atoms with Crippen LogP contribution in [0.1, 0.15) is 51.9 Å². The van der Waals surface area contributed by atoms with Gasteiger partial charge in [-0.15, -0.1) is 0 Å². The number of hydrogen-bond acceptors (Lipinski definition) is 3. The molecular formula is C12H25NO2S. The van der Waals surface area contributed by atoms with E-state index in [4.69, 9.17) is 5.73 Å². The van der Waals surface area contributed by atoms with E-state index in [9.17, 15) is 8.42 Å². The summed E-state index contributed by atoms with van der Waals surface area (Å²) in [6.07, 6.45) is 8.75. The topological polar surface area (TPSA) is 60.2 Å². The molecule has 1 fully saturated rings. The van der Waals surface area contributed by atoms with E-state index in [1.54, 1.807) is 0 Å². The van der Waals surface area contributed by atoms with E-state index in [0.717, 1.165) is 19.3 Å². The van der Waals surface area contributed by atoms with Gasteiger partial charge in [-0.05, 0) is 31.6 Å². The second-order valence-electron chi connectivity index (χ2n) is 5.32. The van der Waals surface area contributed by atoms with Crippen molar-refractivity contribution in [1.29, 1.82) is 0 Å². The summed E-state index contributed by atoms with van der Waals surface area (Å²) in [6.45, 7) is 2.19. The maximum atomic E-state index is 11.1. The maximum Gasteiger partial charge on any atom is 0.147 e. The van der Waals surface area contributed by atoms with Gasteiger partial charge in [-0.2, -0.15) is 0 Å². The first kappa shape index (κ1) is 14.0. The zero-order valence-electron chi connectivity index (χ0n) is 10.5. The minimum Gasteiger partial charge on any atom is -0.325 e. The second kappa shape index (κ2) is 5.50. The fraction of sp³-hybridized carbons (Fsp3) is 1.00. The van der Waals surface area contributed by atoms with Crippen LogP contribution in [0.2, 0.25) is 0 Å². The van der Waals surface area contributed by atoms with Crippen molar-refractivity contribution in [2.45, 2.75) is 57.4 Å². The Morgan fingerprint density at radius 3 is 2.62 bits per heavy atom. The Labute approximate surface area is 99.7 Å². The highest BCUT2D eigenvalue weighted by atomic mass is 32.2. The first-order chi connectivity index (χ1) is 7.37. The number of sulfone groups is 1. The Hall–Kier alpha value is -0.0900. The molecule has 1 rings (SSSR count). The highest BCUT2D eigenvalue weighted by Crippen LogP contribution is 2.37. The summed E-state index contributed by atoms with van der Waals surface area (Å²) in [7, 11) is -2.83. The summed E-state index contributed by atoms with van der Waals surface area (Å²) in [5.74, 6) is 0.864. The third-order valence-corrected chi connectivity index (χ3v) is 4.94. The lowest BCUT2D eigenvalue weighted by molar-refractivity contribution is 0.170. The highest BCUT2D eigenvalue weighted by Gasteiger charge is 2.35. The van der Waals surface area contributed by atoms with Gasteiger partial charge in [0, 0.05) is 17.5 Å². The summed E-state index contributed by atoms with van der Waals surface area (Å²) < 4.78 is 22.2. The molecule has 2 N–H and O–H groups in total. The molecule has 0 aromatic carbocycles. The average Bonchev–Trinajstić information content (AvgIpc) is 2.16. The molecule has 0 radical (unpaired) electrons. The van der Waals surface area contributed by atoms with Crippen molar-refractivity contribution >= 4 is 9.84 Å². The van der Waals surface area contributed by atoms with Gasteiger partial charge in [0.2, 0.25) is 0 Å². The summed E-state index contributed by atoms with van der Waals surface area (Å²) >= 11 is 0. The van der Waals surface area contributed by atoms with Gasteiger partial charge in [-0.1, -0.05) is 26.2 Å². The van der Waals surface area contributed by atoms with Gasteiger partial charge in [0.1, 0.15) is 9.84 Å². The Morgan fingerprint density at radius 2 is 2.06 bits per heavy atom. The lowest BCUT2D eigenvalue weighted by Gasteiger charge is -2.41. The summed E-state index contributed by atoms with van der Waals surface area (Å²) in [5, 5.41) is 0. The fourth-order valence-electron chi connectivity index (χ4n) is 2.94. The van der Waals surface area contributed by atoms with Crippen molar-refractivity contribution in [2.75, 3.05) is 12.0 Å². The van der Waals surface area contributed by atoms with Crippen molar-refractivity contribution in [3.05, 3.63) is 0 Å². The van der Waals surface area contributed by atoms with E-state index in [2.05, 4.69) is 6.92 Å². The van der Waals surface area contributed by atoms with Crippen molar-refractivity contribution in [3.63, 3.8) is 0 Å². The largest absolute Gasteiger partial charge is 0.325 e. The van der Waals surface area contributed by atoms with Gasteiger partial charge in [-0.3, -0.25) is 0 Å². The third kappa shape index (κ3) is 4.06. The Balaban J connectivity index is 2.48. The first-order valence-corrected chi connectivity index (χ1v) is 8.40. The van der Waals surface area contributed by atoms with Gasteiger partial charge in [-0.25, -0.2) is 8.42 Å². The van der Waals surface area contributed by atoms with Crippen LogP contribution in [-0.4, -0.2) is 26.0 Å². The minimum absolute atomic E-state index is 0.0995. The molecule has 16 heavy (non-hydrogen) atoms. The molecule has 0 spiro atoms. The standard InChI is InChI=1S/C12H25NO2S/c1-3-11-7-4-5-8-12(11,13)9-6-10-16(2,14)15/h11H,3-10,13H2,1-2H3. The van der Waals surface area contributed by atoms with Crippen LogP contribution >= 0.6 is 0 Å². The molecule has 0 heterocycles. The average molecular weight is 247 g/mol. The van der Waals surface area contributed by atoms with E-state index in [-0.39, 0.29) is 11.3 Å². The van der Waals surface area contributed by atoms with E-state index in [0.29, 0.717) is 12.3 Å². The zero-order chi connectivity index (χ0) is 12.2. The lowest BCUT2D eigenvalue weighted by atomic mass is 9.70. The Kier molecular flexibility index (Phi) is 4.80. The normalized spacial score (nSPS) is 31.6. The Bertz CT molecular complexity index is 313. The molecule has 0 saturated heterocycles. The molecule has 0 aromatic heterocycles. The molecule has 4 heteroatoms. The number of rotatable bonds is 5. The molecule has 0 amide bonds.